The molecule has 0 aliphatic rings. The fourth-order valence-electron chi connectivity index (χ4n) is 1.30. The lowest BCUT2D eigenvalue weighted by molar-refractivity contribution is 0.417. The van der Waals surface area contributed by atoms with Crippen molar-refractivity contribution < 1.29 is 13.2 Å². The molecule has 0 aliphatic heterocycles. The van der Waals surface area contributed by atoms with Gasteiger partial charge in [0.2, 0.25) is 10.0 Å². The van der Waals surface area contributed by atoms with Crippen molar-refractivity contribution in [3.8, 4) is 5.75 Å². The Morgan fingerprint density at radius 2 is 2.11 bits per heavy atom. The number of anilines is 1. The molecular weight excluding hydrogens is 272 g/mol. The average molecular weight is 288 g/mol. The number of rotatable bonds is 5. The number of benzene rings is 1. The number of sulfonamides is 1. The van der Waals surface area contributed by atoms with E-state index in [1.54, 1.807) is 12.1 Å². The number of thiocarbonyl (C=S) groups is 1. The molecule has 3 N–H and O–H groups in total. The van der Waals surface area contributed by atoms with Gasteiger partial charge in [0, 0.05) is 0 Å². The number of hydrogen-bond donors (Lipinski definition) is 2. The second-order valence-electron chi connectivity index (χ2n) is 3.90. The third kappa shape index (κ3) is 3.33. The molecule has 1 aromatic carbocycles. The SMILES string of the molecule is COc1ccc(C)cc1NS(=O)(=O)C(C)C(N)=S. The van der Waals surface area contributed by atoms with E-state index >= 15 is 0 Å². The van der Waals surface area contributed by atoms with Crippen molar-refractivity contribution in [2.75, 3.05) is 11.8 Å². The van der Waals surface area contributed by atoms with Crippen LogP contribution in [-0.2, 0) is 10.0 Å². The van der Waals surface area contributed by atoms with E-state index < -0.39 is 15.3 Å². The monoisotopic (exact) mass is 288 g/mol. The normalized spacial score (nSPS) is 12.8. The smallest absolute Gasteiger partial charge is 0.242 e. The van der Waals surface area contributed by atoms with Crippen molar-refractivity contribution in [1.82, 2.24) is 0 Å². The molecule has 100 valence electrons. The molecule has 1 atom stereocenters. The average Bonchev–Trinajstić information content (AvgIpc) is 2.27. The summed E-state index contributed by atoms with van der Waals surface area (Å²) in [4.78, 5) is -0.0749. The van der Waals surface area contributed by atoms with Gasteiger partial charge in [0.05, 0.1) is 17.8 Å². The summed E-state index contributed by atoms with van der Waals surface area (Å²) >= 11 is 4.70. The Labute approximate surface area is 112 Å². The summed E-state index contributed by atoms with van der Waals surface area (Å²) in [6, 6.07) is 5.20. The van der Waals surface area contributed by atoms with Crippen molar-refractivity contribution in [1.29, 1.82) is 0 Å². The standard InChI is InChI=1S/C11H16N2O3S2/c1-7-4-5-10(16-3)9(6-7)13-18(14,15)8(2)11(12)17/h4-6,8,13H,1-3H3,(H2,12,17). The van der Waals surface area contributed by atoms with Gasteiger partial charge in [-0.25, -0.2) is 8.42 Å². The lowest BCUT2D eigenvalue weighted by Gasteiger charge is -2.16. The number of ether oxygens (including phenoxy) is 1. The van der Waals surface area contributed by atoms with Crippen molar-refractivity contribution in [3.63, 3.8) is 0 Å². The van der Waals surface area contributed by atoms with Crippen LogP contribution in [0.1, 0.15) is 12.5 Å². The highest BCUT2D eigenvalue weighted by atomic mass is 32.2. The molecule has 1 rings (SSSR count). The summed E-state index contributed by atoms with van der Waals surface area (Å²) < 4.78 is 31.5. The highest BCUT2D eigenvalue weighted by molar-refractivity contribution is 7.95. The minimum absolute atomic E-state index is 0.0749. The number of hydrogen-bond acceptors (Lipinski definition) is 4. The molecule has 0 heterocycles. The number of aryl methyl sites for hydroxylation is 1. The summed E-state index contributed by atoms with van der Waals surface area (Å²) in [5.74, 6) is 0.444. The van der Waals surface area contributed by atoms with Crippen molar-refractivity contribution in [3.05, 3.63) is 23.8 Å². The van der Waals surface area contributed by atoms with Gasteiger partial charge in [0.1, 0.15) is 11.0 Å². The van der Waals surface area contributed by atoms with Gasteiger partial charge < -0.3 is 10.5 Å². The Bertz CT molecular complexity index is 555. The third-order valence-corrected chi connectivity index (χ3v) is 4.67. The number of nitrogens with one attached hydrogen (secondary N) is 1. The zero-order valence-electron chi connectivity index (χ0n) is 10.4. The molecule has 0 spiro atoms. The molecule has 0 aliphatic carbocycles. The van der Waals surface area contributed by atoms with E-state index in [1.807, 2.05) is 13.0 Å². The lowest BCUT2D eigenvalue weighted by Crippen LogP contribution is -2.35. The van der Waals surface area contributed by atoms with Gasteiger partial charge in [0.15, 0.2) is 0 Å². The molecule has 0 fully saturated rings. The molecular formula is C11H16N2O3S2. The highest BCUT2D eigenvalue weighted by Gasteiger charge is 2.24. The third-order valence-electron chi connectivity index (χ3n) is 2.47. The van der Waals surface area contributed by atoms with Gasteiger partial charge >= 0.3 is 0 Å². The van der Waals surface area contributed by atoms with E-state index in [9.17, 15) is 8.42 Å². The molecule has 7 heteroatoms. The second-order valence-corrected chi connectivity index (χ2v) is 6.37. The zero-order chi connectivity index (χ0) is 13.9. The van der Waals surface area contributed by atoms with Crippen LogP contribution in [0.15, 0.2) is 18.2 Å². The molecule has 0 saturated carbocycles. The molecule has 0 aromatic heterocycles. The van der Waals surface area contributed by atoms with Gasteiger partial charge in [-0.1, -0.05) is 18.3 Å². The van der Waals surface area contributed by atoms with Crippen LogP contribution in [0.3, 0.4) is 0 Å². The Morgan fingerprint density at radius 3 is 2.61 bits per heavy atom. The maximum Gasteiger partial charge on any atom is 0.242 e. The highest BCUT2D eigenvalue weighted by Crippen LogP contribution is 2.26. The van der Waals surface area contributed by atoms with Crippen molar-refractivity contribution >= 4 is 32.9 Å². The Balaban J connectivity index is 3.11. The molecule has 0 radical (unpaired) electrons. The van der Waals surface area contributed by atoms with Crippen molar-refractivity contribution in [2.24, 2.45) is 5.73 Å². The van der Waals surface area contributed by atoms with E-state index in [2.05, 4.69) is 4.72 Å². The summed E-state index contributed by atoms with van der Waals surface area (Å²) in [5.41, 5.74) is 6.65. The Morgan fingerprint density at radius 1 is 1.50 bits per heavy atom. The van der Waals surface area contributed by atoms with E-state index in [0.717, 1.165) is 5.56 Å². The first kappa shape index (κ1) is 14.7. The van der Waals surface area contributed by atoms with Crippen molar-refractivity contribution in [2.45, 2.75) is 19.1 Å². The summed E-state index contributed by atoms with van der Waals surface area (Å²) in [6.07, 6.45) is 0. The van der Waals surface area contributed by atoms with Crippen LogP contribution in [0.2, 0.25) is 0 Å². The van der Waals surface area contributed by atoms with Crippen LogP contribution in [0.4, 0.5) is 5.69 Å². The van der Waals surface area contributed by atoms with E-state index in [1.165, 1.54) is 14.0 Å². The minimum atomic E-state index is -3.66. The molecule has 0 bridgehead atoms. The molecule has 0 saturated heterocycles. The Kier molecular flexibility index (Phi) is 4.53. The van der Waals surface area contributed by atoms with E-state index in [-0.39, 0.29) is 4.99 Å². The molecule has 18 heavy (non-hydrogen) atoms. The van der Waals surface area contributed by atoms with Gasteiger partial charge in [-0.3, -0.25) is 4.72 Å². The maximum absolute atomic E-state index is 12.0. The van der Waals surface area contributed by atoms with Gasteiger partial charge in [-0.15, -0.1) is 0 Å². The van der Waals surface area contributed by atoms with Crippen LogP contribution < -0.4 is 15.2 Å². The number of methoxy groups -OCH3 is 1. The van der Waals surface area contributed by atoms with Gasteiger partial charge in [-0.2, -0.15) is 0 Å². The number of nitrogens with two attached hydrogens (primary N) is 1. The predicted molar refractivity (Wildman–Crippen MR) is 76.5 cm³/mol. The summed E-state index contributed by atoms with van der Waals surface area (Å²) in [6.45, 7) is 3.29. The summed E-state index contributed by atoms with van der Waals surface area (Å²) in [7, 11) is -2.19. The van der Waals surface area contributed by atoms with Crippen LogP contribution >= 0.6 is 12.2 Å². The van der Waals surface area contributed by atoms with Gasteiger partial charge in [0.25, 0.3) is 0 Å². The summed E-state index contributed by atoms with van der Waals surface area (Å²) in [5, 5.41) is -0.947. The first-order chi connectivity index (χ1) is 8.27. The van der Waals surface area contributed by atoms with E-state index in [4.69, 9.17) is 22.7 Å². The van der Waals surface area contributed by atoms with Crippen LogP contribution in [0.25, 0.3) is 0 Å². The molecule has 0 amide bonds. The molecule has 1 unspecified atom stereocenters. The topological polar surface area (TPSA) is 81.4 Å². The zero-order valence-corrected chi connectivity index (χ0v) is 12.1. The van der Waals surface area contributed by atoms with Crippen LogP contribution in [-0.4, -0.2) is 25.8 Å². The predicted octanol–water partition coefficient (Wildman–Crippen LogP) is 1.42. The maximum atomic E-state index is 12.0. The lowest BCUT2D eigenvalue weighted by atomic mass is 10.2. The fraction of sp³-hybridized carbons (Fsp3) is 0.364. The first-order valence-electron chi connectivity index (χ1n) is 5.23. The minimum Gasteiger partial charge on any atom is -0.495 e. The van der Waals surface area contributed by atoms with Crippen LogP contribution in [0.5, 0.6) is 5.75 Å². The quantitative estimate of drug-likeness (QED) is 0.801. The first-order valence-corrected chi connectivity index (χ1v) is 7.19. The van der Waals surface area contributed by atoms with E-state index in [0.29, 0.717) is 11.4 Å². The van der Waals surface area contributed by atoms with Crippen LogP contribution in [0, 0.1) is 6.92 Å². The largest absolute Gasteiger partial charge is 0.495 e. The molecule has 1 aromatic rings. The molecule has 5 nitrogen and oxygen atoms in total. The Hall–Kier alpha value is -1.34. The fourth-order valence-corrected chi connectivity index (χ4v) is 2.62. The van der Waals surface area contributed by atoms with Gasteiger partial charge in [-0.05, 0) is 31.5 Å². The second kappa shape index (κ2) is 5.53.